The molecule has 1 heterocycles. The number of amides is 1. The van der Waals surface area contributed by atoms with Crippen molar-refractivity contribution in [3.8, 4) is 5.75 Å². The fourth-order valence-electron chi connectivity index (χ4n) is 3.15. The van der Waals surface area contributed by atoms with Gasteiger partial charge in [0.15, 0.2) is 17.4 Å². The minimum absolute atomic E-state index is 0.104. The molecule has 7 heteroatoms. The molecule has 1 aliphatic carbocycles. The van der Waals surface area contributed by atoms with Gasteiger partial charge in [0.25, 0.3) is 5.91 Å². The Morgan fingerprint density at radius 1 is 1.33 bits per heavy atom. The maximum atomic E-state index is 13.9. The van der Waals surface area contributed by atoms with Gasteiger partial charge >= 0.3 is 0 Å². The summed E-state index contributed by atoms with van der Waals surface area (Å²) in [6.07, 6.45) is 4.49. The second-order valence-electron chi connectivity index (χ2n) is 6.08. The SMILES string of the molecule is COc1ccc(C(=O)NC2(c3noc(C)n3)CCCCC2)cc1F. The molecule has 1 aromatic carbocycles. The van der Waals surface area contributed by atoms with Crippen LogP contribution >= 0.6 is 0 Å². The first kappa shape index (κ1) is 16.4. The molecule has 3 rings (SSSR count). The summed E-state index contributed by atoms with van der Waals surface area (Å²) >= 11 is 0. The van der Waals surface area contributed by atoms with E-state index in [4.69, 9.17) is 9.26 Å². The van der Waals surface area contributed by atoms with Gasteiger partial charge in [-0.2, -0.15) is 4.98 Å². The average Bonchev–Trinajstić information content (AvgIpc) is 3.03. The van der Waals surface area contributed by atoms with Crippen molar-refractivity contribution >= 4 is 5.91 Å². The van der Waals surface area contributed by atoms with Gasteiger partial charge in [0.05, 0.1) is 7.11 Å². The van der Waals surface area contributed by atoms with Crippen molar-refractivity contribution < 1.29 is 18.4 Å². The van der Waals surface area contributed by atoms with Gasteiger partial charge in [0, 0.05) is 12.5 Å². The van der Waals surface area contributed by atoms with E-state index in [1.54, 1.807) is 6.92 Å². The third kappa shape index (κ3) is 3.11. The average molecular weight is 333 g/mol. The summed E-state index contributed by atoms with van der Waals surface area (Å²) < 4.78 is 23.8. The zero-order chi connectivity index (χ0) is 17.2. The number of hydrogen-bond donors (Lipinski definition) is 1. The number of aryl methyl sites for hydroxylation is 1. The highest BCUT2D eigenvalue weighted by Gasteiger charge is 2.39. The summed E-state index contributed by atoms with van der Waals surface area (Å²) in [6.45, 7) is 1.72. The van der Waals surface area contributed by atoms with Gasteiger partial charge in [0.2, 0.25) is 5.89 Å². The molecule has 0 aliphatic heterocycles. The Morgan fingerprint density at radius 2 is 2.08 bits per heavy atom. The van der Waals surface area contributed by atoms with Crippen LogP contribution in [-0.4, -0.2) is 23.2 Å². The van der Waals surface area contributed by atoms with E-state index in [0.717, 1.165) is 32.1 Å². The van der Waals surface area contributed by atoms with Gasteiger partial charge in [-0.1, -0.05) is 24.4 Å². The Labute approximate surface area is 139 Å². The van der Waals surface area contributed by atoms with Crippen LogP contribution in [0.1, 0.15) is 54.2 Å². The molecular weight excluding hydrogens is 313 g/mol. The number of rotatable bonds is 4. The van der Waals surface area contributed by atoms with Crippen molar-refractivity contribution in [3.05, 3.63) is 41.3 Å². The molecule has 24 heavy (non-hydrogen) atoms. The minimum atomic E-state index is -0.663. The van der Waals surface area contributed by atoms with Gasteiger partial charge in [-0.05, 0) is 31.0 Å². The molecule has 128 valence electrons. The highest BCUT2D eigenvalue weighted by atomic mass is 19.1. The van der Waals surface area contributed by atoms with Crippen LogP contribution in [0.15, 0.2) is 22.7 Å². The van der Waals surface area contributed by atoms with E-state index < -0.39 is 11.4 Å². The largest absolute Gasteiger partial charge is 0.494 e. The predicted octanol–water partition coefficient (Wildman–Crippen LogP) is 3.12. The molecule has 1 saturated carbocycles. The zero-order valence-electron chi connectivity index (χ0n) is 13.8. The lowest BCUT2D eigenvalue weighted by Gasteiger charge is -2.35. The summed E-state index contributed by atoms with van der Waals surface area (Å²) in [5.41, 5.74) is -0.429. The number of aromatic nitrogens is 2. The smallest absolute Gasteiger partial charge is 0.252 e. The van der Waals surface area contributed by atoms with Crippen molar-refractivity contribution in [2.75, 3.05) is 7.11 Å². The molecule has 0 atom stereocenters. The summed E-state index contributed by atoms with van der Waals surface area (Å²) in [5, 5.41) is 7.02. The van der Waals surface area contributed by atoms with Crippen LogP contribution in [0, 0.1) is 12.7 Å². The number of carbonyl (C=O) groups excluding carboxylic acids is 1. The summed E-state index contributed by atoms with van der Waals surface area (Å²) in [4.78, 5) is 17.0. The van der Waals surface area contributed by atoms with Crippen LogP contribution < -0.4 is 10.1 Å². The van der Waals surface area contributed by atoms with E-state index in [0.29, 0.717) is 11.7 Å². The van der Waals surface area contributed by atoms with Crippen LogP contribution in [0.4, 0.5) is 4.39 Å². The molecule has 6 nitrogen and oxygen atoms in total. The fourth-order valence-corrected chi connectivity index (χ4v) is 3.15. The van der Waals surface area contributed by atoms with Crippen LogP contribution in [0.5, 0.6) is 5.75 Å². The first-order valence-corrected chi connectivity index (χ1v) is 8.01. The van der Waals surface area contributed by atoms with Gasteiger partial charge in [-0.3, -0.25) is 4.79 Å². The topological polar surface area (TPSA) is 77.2 Å². The quantitative estimate of drug-likeness (QED) is 0.930. The Hall–Kier alpha value is -2.44. The molecule has 0 unspecified atom stereocenters. The highest BCUT2D eigenvalue weighted by Crippen LogP contribution is 2.36. The number of methoxy groups -OCH3 is 1. The standard InChI is InChI=1S/C17H20FN3O3/c1-11-19-16(21-24-11)17(8-4-3-5-9-17)20-15(22)12-6-7-14(23-2)13(18)10-12/h6-7,10H,3-5,8-9H2,1-2H3,(H,20,22). The molecule has 1 amide bonds. The summed E-state index contributed by atoms with van der Waals surface area (Å²) in [7, 11) is 1.38. The molecule has 2 aromatic rings. The molecule has 0 saturated heterocycles. The number of ether oxygens (including phenoxy) is 1. The van der Waals surface area contributed by atoms with Crippen molar-refractivity contribution in [2.24, 2.45) is 0 Å². The van der Waals surface area contributed by atoms with Crippen LogP contribution in [-0.2, 0) is 5.54 Å². The van der Waals surface area contributed by atoms with Crippen molar-refractivity contribution in [3.63, 3.8) is 0 Å². The second-order valence-corrected chi connectivity index (χ2v) is 6.08. The summed E-state index contributed by atoms with van der Waals surface area (Å²) in [6, 6.07) is 4.15. The van der Waals surface area contributed by atoms with Gasteiger partial charge in [-0.15, -0.1) is 0 Å². The number of halogens is 1. The number of hydrogen-bond acceptors (Lipinski definition) is 5. The molecule has 1 N–H and O–H groups in total. The lowest BCUT2D eigenvalue weighted by atomic mass is 9.80. The van der Waals surface area contributed by atoms with E-state index in [-0.39, 0.29) is 17.2 Å². The number of nitrogens with one attached hydrogen (secondary N) is 1. The maximum absolute atomic E-state index is 13.9. The molecule has 1 aromatic heterocycles. The molecule has 1 aliphatic rings. The van der Waals surface area contributed by atoms with Crippen LogP contribution in [0.25, 0.3) is 0 Å². The zero-order valence-corrected chi connectivity index (χ0v) is 13.8. The number of nitrogens with zero attached hydrogens (tertiary/aromatic N) is 2. The Balaban J connectivity index is 1.87. The maximum Gasteiger partial charge on any atom is 0.252 e. The third-order valence-corrected chi connectivity index (χ3v) is 4.43. The van der Waals surface area contributed by atoms with E-state index in [2.05, 4.69) is 15.5 Å². The molecule has 1 fully saturated rings. The van der Waals surface area contributed by atoms with Crippen LogP contribution in [0.2, 0.25) is 0 Å². The van der Waals surface area contributed by atoms with Crippen molar-refractivity contribution in [2.45, 2.75) is 44.6 Å². The van der Waals surface area contributed by atoms with Gasteiger partial charge < -0.3 is 14.6 Å². The van der Waals surface area contributed by atoms with Crippen molar-refractivity contribution in [1.82, 2.24) is 15.5 Å². The Kier molecular flexibility index (Phi) is 4.51. The first-order chi connectivity index (χ1) is 11.5. The summed E-state index contributed by atoms with van der Waals surface area (Å²) in [5.74, 6) is 0.119. The number of benzene rings is 1. The fraction of sp³-hybridized carbons (Fsp3) is 0.471. The van der Waals surface area contributed by atoms with E-state index in [9.17, 15) is 9.18 Å². The molecule has 0 spiro atoms. The first-order valence-electron chi connectivity index (χ1n) is 8.01. The highest BCUT2D eigenvalue weighted by molar-refractivity contribution is 5.94. The van der Waals surface area contributed by atoms with Crippen molar-refractivity contribution in [1.29, 1.82) is 0 Å². The second kappa shape index (κ2) is 6.59. The molecular formula is C17H20FN3O3. The normalized spacial score (nSPS) is 16.6. The Morgan fingerprint density at radius 3 is 2.67 bits per heavy atom. The predicted molar refractivity (Wildman–Crippen MR) is 84.2 cm³/mol. The van der Waals surface area contributed by atoms with E-state index in [1.807, 2.05) is 0 Å². The van der Waals surface area contributed by atoms with Gasteiger partial charge in [0.1, 0.15) is 5.54 Å². The molecule has 0 radical (unpaired) electrons. The Bertz CT molecular complexity index is 738. The lowest BCUT2D eigenvalue weighted by molar-refractivity contribution is 0.0855. The van der Waals surface area contributed by atoms with Crippen LogP contribution in [0.3, 0.4) is 0 Å². The third-order valence-electron chi connectivity index (χ3n) is 4.43. The van der Waals surface area contributed by atoms with E-state index in [1.165, 1.54) is 25.3 Å². The molecule has 0 bridgehead atoms. The monoisotopic (exact) mass is 333 g/mol. The van der Waals surface area contributed by atoms with E-state index >= 15 is 0 Å². The number of carbonyl (C=O) groups is 1. The minimum Gasteiger partial charge on any atom is -0.494 e. The lowest BCUT2D eigenvalue weighted by Crippen LogP contribution is -2.48. The van der Waals surface area contributed by atoms with Gasteiger partial charge in [-0.25, -0.2) is 4.39 Å².